The van der Waals surface area contributed by atoms with Crippen LogP contribution in [0.2, 0.25) is 0 Å². The Bertz CT molecular complexity index is 539. The fraction of sp³-hybridized carbons (Fsp3) is 0.250. The summed E-state index contributed by atoms with van der Waals surface area (Å²) in [7, 11) is 0. The standard InChI is InChI=1S/C12H12N2O5/c1-7(15)14(8(2)16)12(18)10-5-4-6-13-11(10)19-9(3)17/h4-6H,1-3H3. The van der Waals surface area contributed by atoms with Gasteiger partial charge in [-0.25, -0.2) is 9.88 Å². The Morgan fingerprint density at radius 1 is 1.11 bits per heavy atom. The highest BCUT2D eigenvalue weighted by atomic mass is 16.5. The molecule has 0 N–H and O–H groups in total. The molecule has 0 spiro atoms. The van der Waals surface area contributed by atoms with E-state index >= 15 is 0 Å². The fourth-order valence-electron chi connectivity index (χ4n) is 1.40. The second kappa shape index (κ2) is 5.85. The van der Waals surface area contributed by atoms with E-state index in [1.807, 2.05) is 0 Å². The summed E-state index contributed by atoms with van der Waals surface area (Å²) >= 11 is 0. The number of rotatable bonds is 2. The van der Waals surface area contributed by atoms with Crippen LogP contribution in [-0.2, 0) is 14.4 Å². The summed E-state index contributed by atoms with van der Waals surface area (Å²) in [4.78, 5) is 49.7. The van der Waals surface area contributed by atoms with Gasteiger partial charge >= 0.3 is 5.97 Å². The van der Waals surface area contributed by atoms with Crippen molar-refractivity contribution in [1.29, 1.82) is 0 Å². The Balaban J connectivity index is 3.21. The highest BCUT2D eigenvalue weighted by molar-refractivity contribution is 6.16. The van der Waals surface area contributed by atoms with E-state index in [1.165, 1.54) is 18.3 Å². The van der Waals surface area contributed by atoms with E-state index < -0.39 is 23.7 Å². The van der Waals surface area contributed by atoms with Crippen molar-refractivity contribution in [1.82, 2.24) is 9.88 Å². The van der Waals surface area contributed by atoms with Crippen LogP contribution in [0.15, 0.2) is 18.3 Å². The van der Waals surface area contributed by atoms with Gasteiger partial charge in [0, 0.05) is 27.0 Å². The minimum absolute atomic E-state index is 0.136. The number of nitrogens with zero attached hydrogens (tertiary/aromatic N) is 2. The Morgan fingerprint density at radius 3 is 2.16 bits per heavy atom. The Labute approximate surface area is 109 Å². The van der Waals surface area contributed by atoms with Gasteiger partial charge in [-0.1, -0.05) is 0 Å². The van der Waals surface area contributed by atoms with Gasteiger partial charge in [-0.05, 0) is 12.1 Å². The van der Waals surface area contributed by atoms with Crippen molar-refractivity contribution in [2.75, 3.05) is 0 Å². The molecule has 0 saturated carbocycles. The number of hydrogen-bond donors (Lipinski definition) is 0. The van der Waals surface area contributed by atoms with Crippen LogP contribution < -0.4 is 4.74 Å². The smallest absolute Gasteiger partial charge is 0.309 e. The molecule has 0 unspecified atom stereocenters. The largest absolute Gasteiger partial charge is 0.407 e. The van der Waals surface area contributed by atoms with Crippen LogP contribution in [0.25, 0.3) is 0 Å². The van der Waals surface area contributed by atoms with Crippen LogP contribution in [0.4, 0.5) is 0 Å². The molecule has 0 aliphatic heterocycles. The molecule has 1 aromatic heterocycles. The number of carbonyl (C=O) groups is 4. The third-order valence-corrected chi connectivity index (χ3v) is 2.07. The van der Waals surface area contributed by atoms with Gasteiger partial charge in [0.25, 0.3) is 5.91 Å². The molecular formula is C12H12N2O5. The summed E-state index contributed by atoms with van der Waals surface area (Å²) in [5.74, 6) is -3.24. The lowest BCUT2D eigenvalue weighted by molar-refractivity contribution is -0.138. The number of pyridine rings is 1. The van der Waals surface area contributed by atoms with Gasteiger partial charge in [0.15, 0.2) is 0 Å². The minimum atomic E-state index is -0.885. The number of amides is 3. The van der Waals surface area contributed by atoms with Gasteiger partial charge in [-0.2, -0.15) is 0 Å². The first kappa shape index (κ1) is 14.5. The molecule has 0 bridgehead atoms. The molecule has 0 aliphatic carbocycles. The first-order valence-corrected chi connectivity index (χ1v) is 5.33. The summed E-state index contributed by atoms with van der Waals surface area (Å²) in [5, 5.41) is 0. The molecule has 3 amide bonds. The van der Waals surface area contributed by atoms with Gasteiger partial charge < -0.3 is 4.74 Å². The van der Waals surface area contributed by atoms with Crippen LogP contribution in [0.3, 0.4) is 0 Å². The Hall–Kier alpha value is -2.57. The van der Waals surface area contributed by atoms with Gasteiger partial charge in [0.05, 0.1) is 0 Å². The predicted molar refractivity (Wildman–Crippen MR) is 63.1 cm³/mol. The predicted octanol–water partition coefficient (Wildman–Crippen LogP) is 0.542. The molecule has 0 fully saturated rings. The monoisotopic (exact) mass is 264 g/mol. The van der Waals surface area contributed by atoms with Crippen LogP contribution in [0.5, 0.6) is 5.88 Å². The van der Waals surface area contributed by atoms with Crippen molar-refractivity contribution in [3.05, 3.63) is 23.9 Å². The lowest BCUT2D eigenvalue weighted by atomic mass is 10.2. The van der Waals surface area contributed by atoms with E-state index in [2.05, 4.69) is 4.98 Å². The first-order chi connectivity index (χ1) is 8.84. The third kappa shape index (κ3) is 3.44. The van der Waals surface area contributed by atoms with Crippen molar-refractivity contribution >= 4 is 23.7 Å². The van der Waals surface area contributed by atoms with E-state index in [1.54, 1.807) is 0 Å². The molecule has 100 valence electrons. The van der Waals surface area contributed by atoms with Gasteiger partial charge in [0.1, 0.15) is 5.56 Å². The first-order valence-electron chi connectivity index (χ1n) is 5.33. The van der Waals surface area contributed by atoms with Gasteiger partial charge in [-0.15, -0.1) is 0 Å². The van der Waals surface area contributed by atoms with Gasteiger partial charge in [0.2, 0.25) is 17.7 Å². The summed E-state index contributed by atoms with van der Waals surface area (Å²) in [6, 6.07) is 2.74. The highest BCUT2D eigenvalue weighted by Gasteiger charge is 2.27. The summed E-state index contributed by atoms with van der Waals surface area (Å²) in [5.41, 5.74) is -0.136. The van der Waals surface area contributed by atoms with Crippen molar-refractivity contribution in [2.24, 2.45) is 0 Å². The molecule has 1 heterocycles. The second-order valence-corrected chi connectivity index (χ2v) is 3.63. The SMILES string of the molecule is CC(=O)Oc1ncccc1C(=O)N(C(C)=O)C(C)=O. The van der Waals surface area contributed by atoms with E-state index in [0.717, 1.165) is 20.8 Å². The summed E-state index contributed by atoms with van der Waals surface area (Å²) in [6.45, 7) is 3.32. The zero-order chi connectivity index (χ0) is 14.6. The number of aromatic nitrogens is 1. The molecular weight excluding hydrogens is 252 g/mol. The summed E-state index contributed by atoms with van der Waals surface area (Å²) in [6.07, 6.45) is 1.32. The zero-order valence-corrected chi connectivity index (χ0v) is 10.7. The van der Waals surface area contributed by atoms with Crippen LogP contribution >= 0.6 is 0 Å². The number of ether oxygens (including phenoxy) is 1. The Kier molecular flexibility index (Phi) is 4.46. The maximum absolute atomic E-state index is 12.1. The summed E-state index contributed by atoms with van der Waals surface area (Å²) < 4.78 is 4.76. The van der Waals surface area contributed by atoms with Crippen molar-refractivity contribution in [3.8, 4) is 5.88 Å². The maximum atomic E-state index is 12.1. The molecule has 7 heteroatoms. The van der Waals surface area contributed by atoms with Gasteiger partial charge in [-0.3, -0.25) is 19.2 Å². The second-order valence-electron chi connectivity index (χ2n) is 3.63. The topological polar surface area (TPSA) is 93.6 Å². The van der Waals surface area contributed by atoms with Crippen molar-refractivity contribution in [3.63, 3.8) is 0 Å². The molecule has 0 saturated heterocycles. The minimum Gasteiger partial charge on any atom is -0.407 e. The van der Waals surface area contributed by atoms with E-state index in [-0.39, 0.29) is 11.4 Å². The van der Waals surface area contributed by atoms with Crippen LogP contribution in [0, 0.1) is 0 Å². The quantitative estimate of drug-likeness (QED) is 0.724. The number of imide groups is 3. The molecule has 0 aliphatic rings. The fourth-order valence-corrected chi connectivity index (χ4v) is 1.40. The van der Waals surface area contributed by atoms with Crippen molar-refractivity contribution in [2.45, 2.75) is 20.8 Å². The molecule has 0 radical (unpaired) electrons. The van der Waals surface area contributed by atoms with E-state index in [4.69, 9.17) is 4.74 Å². The highest BCUT2D eigenvalue weighted by Crippen LogP contribution is 2.17. The molecule has 19 heavy (non-hydrogen) atoms. The average molecular weight is 264 g/mol. The van der Waals surface area contributed by atoms with Crippen LogP contribution in [-0.4, -0.2) is 33.6 Å². The van der Waals surface area contributed by atoms with E-state index in [9.17, 15) is 19.2 Å². The molecule has 0 atom stereocenters. The lowest BCUT2D eigenvalue weighted by Crippen LogP contribution is -2.39. The van der Waals surface area contributed by atoms with Crippen LogP contribution in [0.1, 0.15) is 31.1 Å². The number of hydrogen-bond acceptors (Lipinski definition) is 6. The average Bonchev–Trinajstić information content (AvgIpc) is 2.27. The Morgan fingerprint density at radius 2 is 1.68 bits per heavy atom. The van der Waals surface area contributed by atoms with Crippen molar-refractivity contribution < 1.29 is 23.9 Å². The molecule has 1 rings (SSSR count). The number of carbonyl (C=O) groups excluding carboxylic acids is 4. The third-order valence-electron chi connectivity index (χ3n) is 2.07. The molecule has 1 aromatic rings. The number of esters is 1. The zero-order valence-electron chi connectivity index (χ0n) is 10.7. The van der Waals surface area contributed by atoms with E-state index in [0.29, 0.717) is 4.90 Å². The molecule has 0 aromatic carbocycles. The normalized spacial score (nSPS) is 9.63. The maximum Gasteiger partial charge on any atom is 0.309 e. The molecule has 7 nitrogen and oxygen atoms in total. The lowest BCUT2D eigenvalue weighted by Gasteiger charge is -2.16.